The van der Waals surface area contributed by atoms with Gasteiger partial charge in [0.15, 0.2) is 0 Å². The molecule has 59 heavy (non-hydrogen) atoms. The minimum Gasteiger partial charge on any atom is -0.337 e. The van der Waals surface area contributed by atoms with Crippen molar-refractivity contribution in [1.29, 1.82) is 0 Å². The molecule has 0 unspecified atom stereocenters. The van der Waals surface area contributed by atoms with E-state index < -0.39 is 0 Å². The lowest BCUT2D eigenvalue weighted by Gasteiger charge is -2.26. The molecule has 1 heterocycles. The van der Waals surface area contributed by atoms with Crippen LogP contribution in [0.5, 0.6) is 0 Å². The Labute approximate surface area is 345 Å². The largest absolute Gasteiger partial charge is 0.337 e. The average molecular weight is 755 g/mol. The molecule has 0 bridgehead atoms. The number of hydrogen-bond acceptors (Lipinski definition) is 1. The second-order valence-corrected chi connectivity index (χ2v) is 14.9. The zero-order valence-corrected chi connectivity index (χ0v) is 32.7. The second kappa shape index (κ2) is 15.7. The molecular weight excluding hydrogens is 713 g/mol. The number of nitrogens with zero attached hydrogens (tertiary/aromatic N) is 2. The molecule has 0 spiro atoms. The minimum atomic E-state index is 0.795. The molecule has 0 aliphatic rings. The van der Waals surface area contributed by atoms with Crippen molar-refractivity contribution in [1.82, 2.24) is 4.57 Å². The predicted molar refractivity (Wildman–Crippen MR) is 254 cm³/mol. The van der Waals surface area contributed by atoms with Crippen LogP contribution in [0.1, 0.15) is 0 Å². The van der Waals surface area contributed by atoms with E-state index in [1.165, 1.54) is 76.7 Å². The molecule has 0 fully saturated rings. The van der Waals surface area contributed by atoms with Crippen LogP contribution in [0.4, 0.5) is 17.1 Å². The Morgan fingerprint density at radius 2 is 0.831 bits per heavy atom. The van der Waals surface area contributed by atoms with Gasteiger partial charge >= 0.3 is 0 Å². The Bertz CT molecular complexity index is 3110. The number of fused-ring (bicyclic) bond motifs is 5. The first-order chi connectivity index (χ1) is 29.3. The molecule has 0 saturated heterocycles. The molecule has 0 amide bonds. The molecule has 2 heteroatoms. The summed E-state index contributed by atoms with van der Waals surface area (Å²) in [5.41, 5.74) is 13.1. The van der Waals surface area contributed by atoms with Gasteiger partial charge in [-0.25, -0.2) is 0 Å². The van der Waals surface area contributed by atoms with E-state index in [1.807, 2.05) is 12.2 Å². The molecule has 0 radical (unpaired) electrons. The number of rotatable bonds is 10. The van der Waals surface area contributed by atoms with E-state index >= 15 is 0 Å². The van der Waals surface area contributed by atoms with Gasteiger partial charge in [-0.2, -0.15) is 0 Å². The van der Waals surface area contributed by atoms with Gasteiger partial charge in [-0.05, 0) is 110 Å². The summed E-state index contributed by atoms with van der Waals surface area (Å²) in [6, 6.07) is 72.8. The summed E-state index contributed by atoms with van der Waals surface area (Å²) < 4.78 is 2.39. The van der Waals surface area contributed by atoms with Gasteiger partial charge in [0.05, 0.1) is 0 Å². The van der Waals surface area contributed by atoms with Crippen LogP contribution in [0.25, 0.3) is 76.7 Å². The zero-order valence-electron chi connectivity index (χ0n) is 32.7. The number of allylic oxidation sites excluding steroid dienone is 5. The van der Waals surface area contributed by atoms with Gasteiger partial charge in [-0.15, -0.1) is 0 Å². The van der Waals surface area contributed by atoms with Crippen LogP contribution in [-0.2, 0) is 6.54 Å². The maximum absolute atomic E-state index is 3.77. The van der Waals surface area contributed by atoms with Crippen molar-refractivity contribution >= 4 is 60.4 Å². The van der Waals surface area contributed by atoms with E-state index in [4.69, 9.17) is 0 Å². The molecule has 9 aromatic carbocycles. The number of aromatic nitrogens is 1. The number of anilines is 3. The number of benzene rings is 9. The van der Waals surface area contributed by atoms with E-state index in [-0.39, 0.29) is 0 Å². The van der Waals surface area contributed by atoms with Gasteiger partial charge in [0.25, 0.3) is 0 Å². The van der Waals surface area contributed by atoms with Gasteiger partial charge < -0.3 is 9.47 Å². The summed E-state index contributed by atoms with van der Waals surface area (Å²) in [6.07, 6.45) is 10.0. The summed E-state index contributed by atoms with van der Waals surface area (Å²) in [6.45, 7) is 4.57. The van der Waals surface area contributed by atoms with Gasteiger partial charge in [0.2, 0.25) is 0 Å². The van der Waals surface area contributed by atoms with Crippen LogP contribution in [0.15, 0.2) is 237 Å². The Morgan fingerprint density at radius 1 is 0.373 bits per heavy atom. The topological polar surface area (TPSA) is 8.17 Å². The quantitative estimate of drug-likeness (QED) is 0.0997. The van der Waals surface area contributed by atoms with Crippen LogP contribution < -0.4 is 4.90 Å². The Morgan fingerprint density at radius 3 is 1.42 bits per heavy atom. The third kappa shape index (κ3) is 6.61. The maximum Gasteiger partial charge on any atom is 0.0494 e. The highest BCUT2D eigenvalue weighted by Gasteiger charge is 2.18. The first-order valence-electron chi connectivity index (χ1n) is 20.3. The van der Waals surface area contributed by atoms with Crippen molar-refractivity contribution in [2.24, 2.45) is 0 Å². The van der Waals surface area contributed by atoms with Gasteiger partial charge in [-0.3, -0.25) is 0 Å². The summed E-state index contributed by atoms with van der Waals surface area (Å²) >= 11 is 0. The SMILES string of the molecule is C=C/C=C\C=C/Cn1c2ccccc2c2cc(-c3ccc(N(c4ccccc4)c4ccc(-c5c6ccccc6c(-c6ccccc6)c6ccccc56)cc4)cc3)ccc21. The molecule has 10 aromatic rings. The molecule has 0 N–H and O–H groups in total. The van der Waals surface area contributed by atoms with E-state index in [0.717, 1.165) is 23.6 Å². The van der Waals surface area contributed by atoms with E-state index in [0.29, 0.717) is 0 Å². The highest BCUT2D eigenvalue weighted by Crippen LogP contribution is 2.45. The van der Waals surface area contributed by atoms with Gasteiger partial charge in [-0.1, -0.05) is 183 Å². The number of para-hydroxylation sites is 2. The zero-order chi connectivity index (χ0) is 39.5. The molecule has 280 valence electrons. The van der Waals surface area contributed by atoms with Crippen molar-refractivity contribution in [3.8, 4) is 33.4 Å². The fourth-order valence-electron chi connectivity index (χ4n) is 8.78. The van der Waals surface area contributed by atoms with Crippen LogP contribution >= 0.6 is 0 Å². The predicted octanol–water partition coefficient (Wildman–Crippen LogP) is 15.9. The molecule has 1 aromatic heterocycles. The Hall–Kier alpha value is -7.68. The first kappa shape index (κ1) is 35.7. The Kier molecular flexibility index (Phi) is 9.50. The normalized spacial score (nSPS) is 11.7. The van der Waals surface area contributed by atoms with Crippen LogP contribution in [0.3, 0.4) is 0 Å². The van der Waals surface area contributed by atoms with Crippen molar-refractivity contribution in [2.75, 3.05) is 4.90 Å². The molecule has 0 saturated carbocycles. The first-order valence-corrected chi connectivity index (χ1v) is 20.3. The van der Waals surface area contributed by atoms with Crippen LogP contribution in [0.2, 0.25) is 0 Å². The van der Waals surface area contributed by atoms with Crippen molar-refractivity contribution in [2.45, 2.75) is 6.54 Å². The highest BCUT2D eigenvalue weighted by atomic mass is 15.1. The molecule has 10 rings (SSSR count). The summed E-state index contributed by atoms with van der Waals surface area (Å²) in [4.78, 5) is 2.34. The third-order valence-corrected chi connectivity index (χ3v) is 11.4. The Balaban J connectivity index is 1.02. The molecule has 2 nitrogen and oxygen atoms in total. The molecular formula is C57H42N2. The summed E-state index contributed by atoms with van der Waals surface area (Å²) in [5.74, 6) is 0. The average Bonchev–Trinajstić information content (AvgIpc) is 3.62. The van der Waals surface area contributed by atoms with Crippen molar-refractivity contribution in [3.05, 3.63) is 237 Å². The van der Waals surface area contributed by atoms with Gasteiger partial charge in [0, 0.05) is 45.4 Å². The van der Waals surface area contributed by atoms with Gasteiger partial charge in [0.1, 0.15) is 0 Å². The molecule has 0 aliphatic heterocycles. The lowest BCUT2D eigenvalue weighted by atomic mass is 9.86. The number of hydrogen-bond donors (Lipinski definition) is 0. The lowest BCUT2D eigenvalue weighted by molar-refractivity contribution is 0.899. The highest BCUT2D eigenvalue weighted by molar-refractivity contribution is 6.21. The second-order valence-electron chi connectivity index (χ2n) is 14.9. The van der Waals surface area contributed by atoms with Crippen LogP contribution in [-0.4, -0.2) is 4.57 Å². The minimum absolute atomic E-state index is 0.795. The van der Waals surface area contributed by atoms with Crippen molar-refractivity contribution in [3.63, 3.8) is 0 Å². The smallest absolute Gasteiger partial charge is 0.0494 e. The van der Waals surface area contributed by atoms with Crippen molar-refractivity contribution < 1.29 is 0 Å². The van der Waals surface area contributed by atoms with E-state index in [1.54, 1.807) is 6.08 Å². The standard InChI is InChI=1S/C57H42N2/c1-2-3-4-5-18-39-58-54-28-17-16-23-48(54)53-40-44(33-38-55(53)58)41-29-34-46(35-30-41)59(45-21-10-7-11-22-45)47-36-31-43(32-37-47)57-51-26-14-12-24-49(51)56(42-19-8-6-9-20-42)50-25-13-15-27-52(50)57/h2-38,40H,1,39H2/b4-3-,18-5-. The summed E-state index contributed by atoms with van der Waals surface area (Å²) in [7, 11) is 0. The lowest BCUT2D eigenvalue weighted by Crippen LogP contribution is -2.09. The fourth-order valence-corrected chi connectivity index (χ4v) is 8.78. The van der Waals surface area contributed by atoms with E-state index in [2.05, 4.69) is 228 Å². The summed E-state index contributed by atoms with van der Waals surface area (Å²) in [5, 5.41) is 7.56. The molecule has 0 aliphatic carbocycles. The monoisotopic (exact) mass is 754 g/mol. The van der Waals surface area contributed by atoms with E-state index in [9.17, 15) is 0 Å². The molecule has 0 atom stereocenters. The third-order valence-electron chi connectivity index (χ3n) is 11.4. The maximum atomic E-state index is 3.77. The van der Waals surface area contributed by atoms with Crippen LogP contribution in [0, 0.1) is 0 Å². The fraction of sp³-hybridized carbons (Fsp3) is 0.0175.